The van der Waals surface area contributed by atoms with Gasteiger partial charge in [-0.25, -0.2) is 4.98 Å². The molecule has 1 saturated heterocycles. The van der Waals surface area contributed by atoms with E-state index in [0.717, 1.165) is 32.2 Å². The van der Waals surface area contributed by atoms with Crippen LogP contribution in [0.3, 0.4) is 0 Å². The molecule has 0 amide bonds. The molecule has 0 bridgehead atoms. The Morgan fingerprint density at radius 3 is 2.44 bits per heavy atom. The molecule has 9 nitrogen and oxygen atoms in total. The van der Waals surface area contributed by atoms with E-state index in [9.17, 15) is 9.90 Å². The van der Waals surface area contributed by atoms with E-state index < -0.39 is 6.10 Å². The number of rotatable bonds is 10. The van der Waals surface area contributed by atoms with Crippen molar-refractivity contribution in [3.8, 4) is 11.5 Å². The van der Waals surface area contributed by atoms with E-state index in [1.165, 1.54) is 5.56 Å². The number of anilines is 2. The Labute approximate surface area is 211 Å². The molecule has 0 saturated carbocycles. The molecular formula is C27H35N5O4. The number of carbonyl (C=O) groups excluding carboxylic acids is 1. The number of fused-ring (bicyclic) bond motifs is 1. The first-order chi connectivity index (χ1) is 17.4. The molecule has 1 aliphatic heterocycles. The molecule has 1 atom stereocenters. The molecule has 0 unspecified atom stereocenters. The predicted molar refractivity (Wildman–Crippen MR) is 141 cm³/mol. The normalized spacial score (nSPS) is 16.4. The van der Waals surface area contributed by atoms with Gasteiger partial charge in [-0.2, -0.15) is 4.98 Å². The first-order valence-electron chi connectivity index (χ1n) is 12.2. The van der Waals surface area contributed by atoms with Crippen LogP contribution in [0, 0.1) is 0 Å². The van der Waals surface area contributed by atoms with Gasteiger partial charge in [-0.3, -0.25) is 0 Å². The number of nitrogens with zero attached hydrogens (tertiary/aromatic N) is 4. The lowest BCUT2D eigenvalue weighted by molar-refractivity contribution is -0.109. The third kappa shape index (κ3) is 5.37. The Hall–Kier alpha value is -3.43. The number of aliphatic hydroxyl groups excluding tert-OH is 1. The number of likely N-dealkylation sites (tertiary alicyclic amines) is 1. The van der Waals surface area contributed by atoms with Crippen molar-refractivity contribution in [2.45, 2.75) is 30.8 Å². The molecule has 192 valence electrons. The van der Waals surface area contributed by atoms with Crippen LogP contribution < -0.4 is 20.1 Å². The molecular weight excluding hydrogens is 458 g/mol. The summed E-state index contributed by atoms with van der Waals surface area (Å²) in [4.78, 5) is 24.5. The van der Waals surface area contributed by atoms with Crippen LogP contribution in [0.1, 0.15) is 24.8 Å². The lowest BCUT2D eigenvalue weighted by atomic mass is 9.72. The highest BCUT2D eigenvalue weighted by Crippen LogP contribution is 2.38. The van der Waals surface area contributed by atoms with Gasteiger partial charge < -0.3 is 34.9 Å². The quantitative estimate of drug-likeness (QED) is 0.411. The van der Waals surface area contributed by atoms with E-state index in [1.54, 1.807) is 20.3 Å². The van der Waals surface area contributed by atoms with Crippen molar-refractivity contribution >= 4 is 29.0 Å². The summed E-state index contributed by atoms with van der Waals surface area (Å²) in [6.07, 6.45) is 2.13. The number of hydrogen-bond donors (Lipinski definition) is 2. The topological polar surface area (TPSA) is 114 Å². The van der Waals surface area contributed by atoms with Gasteiger partial charge in [0.25, 0.3) is 0 Å². The number of nitrogens with two attached hydrogens (primary N) is 1. The van der Waals surface area contributed by atoms with Crippen molar-refractivity contribution in [2.75, 3.05) is 58.1 Å². The minimum absolute atomic E-state index is 0.118. The van der Waals surface area contributed by atoms with Crippen LogP contribution in [0.15, 0.2) is 42.5 Å². The summed E-state index contributed by atoms with van der Waals surface area (Å²) in [5, 5.41) is 10.8. The minimum Gasteiger partial charge on any atom is -0.493 e. The number of benzene rings is 2. The monoisotopic (exact) mass is 493 g/mol. The van der Waals surface area contributed by atoms with Crippen LogP contribution in [-0.2, 0) is 10.2 Å². The molecule has 4 rings (SSSR count). The van der Waals surface area contributed by atoms with Crippen LogP contribution in [0.2, 0.25) is 0 Å². The Kier molecular flexibility index (Phi) is 7.91. The summed E-state index contributed by atoms with van der Waals surface area (Å²) in [6, 6.07) is 14.1. The van der Waals surface area contributed by atoms with Crippen molar-refractivity contribution in [1.82, 2.24) is 14.9 Å². The van der Waals surface area contributed by atoms with Crippen molar-refractivity contribution < 1.29 is 19.4 Å². The zero-order chi connectivity index (χ0) is 25.7. The number of carbonyl (C=O) groups is 1. The van der Waals surface area contributed by atoms with Crippen LogP contribution in [0.25, 0.3) is 10.9 Å². The van der Waals surface area contributed by atoms with E-state index in [2.05, 4.69) is 39.0 Å². The van der Waals surface area contributed by atoms with E-state index in [-0.39, 0.29) is 11.8 Å². The molecule has 2 heterocycles. The summed E-state index contributed by atoms with van der Waals surface area (Å²) < 4.78 is 10.9. The van der Waals surface area contributed by atoms with Gasteiger partial charge in [0.15, 0.2) is 11.5 Å². The highest BCUT2D eigenvalue weighted by Gasteiger charge is 2.38. The van der Waals surface area contributed by atoms with E-state index in [4.69, 9.17) is 20.2 Å². The third-order valence-corrected chi connectivity index (χ3v) is 7.14. The SMILES string of the molecule is COc1cc2nc(N(C)CC3(c4ccccc4)CCN(C[C@@H](O)CC=O)CC3)nc(N)c2cc1OC. The van der Waals surface area contributed by atoms with Gasteiger partial charge in [0.2, 0.25) is 5.95 Å². The van der Waals surface area contributed by atoms with E-state index in [1.807, 2.05) is 19.2 Å². The van der Waals surface area contributed by atoms with Crippen molar-refractivity contribution in [1.29, 1.82) is 0 Å². The van der Waals surface area contributed by atoms with Gasteiger partial charge in [0.1, 0.15) is 12.1 Å². The van der Waals surface area contributed by atoms with Crippen LogP contribution in [-0.4, -0.2) is 79.8 Å². The number of piperidine rings is 1. The van der Waals surface area contributed by atoms with Crippen LogP contribution in [0.4, 0.5) is 11.8 Å². The largest absolute Gasteiger partial charge is 0.493 e. The highest BCUT2D eigenvalue weighted by molar-refractivity contribution is 5.91. The van der Waals surface area contributed by atoms with Gasteiger partial charge in [0.05, 0.1) is 25.8 Å². The Bertz CT molecular complexity index is 1180. The standard InChI is InChI=1S/C27H35N5O4/c1-31(26-29-22-16-24(36-3)23(35-2)15-21(22)25(28)30-26)18-27(19-7-5-4-6-8-19)10-12-32(13-11-27)17-20(34)9-14-33/h4-8,14-16,20,34H,9-13,17-18H2,1-3H3,(H2,28,29,30)/t20-/m0/s1. The maximum atomic E-state index is 10.8. The molecule has 36 heavy (non-hydrogen) atoms. The first-order valence-corrected chi connectivity index (χ1v) is 12.2. The smallest absolute Gasteiger partial charge is 0.227 e. The lowest BCUT2D eigenvalue weighted by Gasteiger charge is -2.44. The Morgan fingerprint density at radius 1 is 1.14 bits per heavy atom. The molecule has 0 aliphatic carbocycles. The summed E-state index contributed by atoms with van der Waals surface area (Å²) in [7, 11) is 5.17. The molecule has 1 aliphatic rings. The zero-order valence-electron chi connectivity index (χ0n) is 21.2. The van der Waals surface area contributed by atoms with Crippen molar-refractivity contribution in [2.24, 2.45) is 0 Å². The molecule has 1 aromatic heterocycles. The van der Waals surface area contributed by atoms with E-state index >= 15 is 0 Å². The maximum Gasteiger partial charge on any atom is 0.227 e. The van der Waals surface area contributed by atoms with Crippen LogP contribution in [0.5, 0.6) is 11.5 Å². The van der Waals surface area contributed by atoms with Crippen molar-refractivity contribution in [3.05, 3.63) is 48.0 Å². The second kappa shape index (κ2) is 11.1. The molecule has 0 radical (unpaired) electrons. The van der Waals surface area contributed by atoms with Crippen molar-refractivity contribution in [3.63, 3.8) is 0 Å². The van der Waals surface area contributed by atoms with Crippen LogP contribution >= 0.6 is 0 Å². The molecule has 3 aromatic rings. The maximum absolute atomic E-state index is 10.8. The zero-order valence-corrected chi connectivity index (χ0v) is 21.2. The number of aromatic nitrogens is 2. The fourth-order valence-electron chi connectivity index (χ4n) is 5.14. The average Bonchev–Trinajstić information content (AvgIpc) is 2.89. The second-order valence-corrected chi connectivity index (χ2v) is 9.49. The van der Waals surface area contributed by atoms with E-state index in [0.29, 0.717) is 47.3 Å². The molecule has 0 spiro atoms. The number of aliphatic hydroxyl groups is 1. The fourth-order valence-corrected chi connectivity index (χ4v) is 5.14. The Balaban J connectivity index is 1.61. The number of hydrogen-bond acceptors (Lipinski definition) is 9. The number of β-amino-alcohol motifs (C(OH)–C–C–N with tert-alkyl or cyclic N) is 1. The predicted octanol–water partition coefficient (Wildman–Crippen LogP) is 2.65. The first kappa shape index (κ1) is 25.7. The summed E-state index contributed by atoms with van der Waals surface area (Å²) in [5.74, 6) is 2.10. The third-order valence-electron chi connectivity index (χ3n) is 7.14. The van der Waals surface area contributed by atoms with Gasteiger partial charge >= 0.3 is 0 Å². The fraction of sp³-hybridized carbons (Fsp3) is 0.444. The number of likely N-dealkylation sites (N-methyl/N-ethyl adjacent to an activating group) is 1. The van der Waals surface area contributed by atoms with Gasteiger partial charge in [0, 0.05) is 43.4 Å². The van der Waals surface area contributed by atoms with Gasteiger partial charge in [-0.15, -0.1) is 0 Å². The number of aldehydes is 1. The number of nitrogen functional groups attached to an aromatic ring is 1. The number of ether oxygens (including phenoxy) is 2. The highest BCUT2D eigenvalue weighted by atomic mass is 16.5. The summed E-state index contributed by atoms with van der Waals surface area (Å²) in [6.45, 7) is 2.88. The number of methoxy groups -OCH3 is 2. The van der Waals surface area contributed by atoms with Gasteiger partial charge in [-0.05, 0) is 37.6 Å². The minimum atomic E-state index is -0.626. The summed E-state index contributed by atoms with van der Waals surface area (Å²) in [5.41, 5.74) is 8.19. The average molecular weight is 494 g/mol. The molecule has 9 heteroatoms. The molecule has 3 N–H and O–H groups in total. The van der Waals surface area contributed by atoms with Gasteiger partial charge in [-0.1, -0.05) is 30.3 Å². The lowest BCUT2D eigenvalue weighted by Crippen LogP contribution is -2.50. The molecule has 2 aromatic carbocycles. The summed E-state index contributed by atoms with van der Waals surface area (Å²) >= 11 is 0. The Morgan fingerprint density at radius 2 is 1.81 bits per heavy atom. The molecule has 1 fully saturated rings. The second-order valence-electron chi connectivity index (χ2n) is 9.49.